The van der Waals surface area contributed by atoms with Gasteiger partial charge < -0.3 is 4.57 Å². The SMILES string of the molecule is O=P(I)(c1ccccc1)C1C=CC=CC1. The zero-order valence-electron chi connectivity index (χ0n) is 8.21. The van der Waals surface area contributed by atoms with Crippen LogP contribution in [-0.2, 0) is 4.57 Å². The Morgan fingerprint density at radius 3 is 2.53 bits per heavy atom. The van der Waals surface area contributed by atoms with Crippen LogP contribution in [0.15, 0.2) is 54.6 Å². The van der Waals surface area contributed by atoms with Crippen LogP contribution >= 0.6 is 26.8 Å². The molecule has 0 radical (unpaired) electrons. The summed E-state index contributed by atoms with van der Waals surface area (Å²) >= 11 is 2.13. The molecule has 1 aromatic carbocycles. The number of hydrogen-bond acceptors (Lipinski definition) is 1. The molecule has 3 heteroatoms. The third kappa shape index (κ3) is 2.43. The van der Waals surface area contributed by atoms with E-state index in [2.05, 4.69) is 34.2 Å². The maximum Gasteiger partial charge on any atom is 0.177 e. The van der Waals surface area contributed by atoms with E-state index in [1.54, 1.807) is 0 Å². The molecule has 15 heavy (non-hydrogen) atoms. The monoisotopic (exact) mass is 330 g/mol. The van der Waals surface area contributed by atoms with E-state index in [1.165, 1.54) is 0 Å². The lowest BCUT2D eigenvalue weighted by molar-refractivity contribution is 0.587. The van der Waals surface area contributed by atoms with Crippen LogP contribution in [0.2, 0.25) is 0 Å². The van der Waals surface area contributed by atoms with Crippen LogP contribution < -0.4 is 5.30 Å². The van der Waals surface area contributed by atoms with E-state index in [0.717, 1.165) is 11.7 Å². The van der Waals surface area contributed by atoms with E-state index in [0.29, 0.717) is 0 Å². The zero-order valence-corrected chi connectivity index (χ0v) is 11.3. The minimum absolute atomic E-state index is 0.158. The molecule has 0 fully saturated rings. The predicted molar refractivity (Wildman–Crippen MR) is 74.4 cm³/mol. The maximum atomic E-state index is 12.7. The Kier molecular flexibility index (Phi) is 3.47. The molecule has 2 rings (SSSR count). The first-order chi connectivity index (χ1) is 7.21. The van der Waals surface area contributed by atoms with Crippen molar-refractivity contribution in [3.63, 3.8) is 0 Å². The lowest BCUT2D eigenvalue weighted by Crippen LogP contribution is -2.12. The van der Waals surface area contributed by atoms with Crippen LogP contribution in [-0.4, -0.2) is 5.66 Å². The maximum absolute atomic E-state index is 12.7. The molecule has 0 heterocycles. The third-order valence-corrected chi connectivity index (χ3v) is 8.55. The van der Waals surface area contributed by atoms with Gasteiger partial charge in [0.05, 0.1) is 0 Å². The van der Waals surface area contributed by atoms with E-state index in [4.69, 9.17) is 0 Å². The normalized spacial score (nSPS) is 23.7. The smallest absolute Gasteiger partial charge is 0.177 e. The molecule has 0 saturated carbocycles. The molecule has 78 valence electrons. The Balaban J connectivity index is 2.31. The van der Waals surface area contributed by atoms with Gasteiger partial charge in [0.15, 0.2) is 4.78 Å². The standard InChI is InChI=1S/C12H12IOP/c13-15(14,11-7-3-1-4-8-11)12-9-5-2-6-10-12/h1-9,12H,10H2. The van der Waals surface area contributed by atoms with Crippen molar-refractivity contribution in [2.24, 2.45) is 0 Å². The molecule has 0 aromatic heterocycles. The van der Waals surface area contributed by atoms with Crippen LogP contribution in [0.4, 0.5) is 0 Å². The summed E-state index contributed by atoms with van der Waals surface area (Å²) in [4.78, 5) is -2.29. The van der Waals surface area contributed by atoms with Crippen LogP contribution in [0.5, 0.6) is 0 Å². The summed E-state index contributed by atoms with van der Waals surface area (Å²) in [5.74, 6) is 0. The molecular formula is C12H12IOP. The number of halogens is 1. The Labute approximate surface area is 103 Å². The van der Waals surface area contributed by atoms with Gasteiger partial charge in [0.2, 0.25) is 0 Å². The fourth-order valence-corrected chi connectivity index (χ4v) is 5.52. The van der Waals surface area contributed by atoms with Crippen molar-refractivity contribution >= 4 is 32.1 Å². The summed E-state index contributed by atoms with van der Waals surface area (Å²) in [6, 6.07) is 9.77. The molecule has 1 nitrogen and oxygen atoms in total. The summed E-state index contributed by atoms with van der Waals surface area (Å²) < 4.78 is 12.7. The van der Waals surface area contributed by atoms with Gasteiger partial charge in [0.25, 0.3) is 0 Å². The molecule has 2 atom stereocenters. The summed E-state index contributed by atoms with van der Waals surface area (Å²) in [6.07, 6.45) is 9.02. The molecule has 0 spiro atoms. The Morgan fingerprint density at radius 1 is 1.20 bits per heavy atom. The largest absolute Gasteiger partial charge is 0.307 e. The number of hydrogen-bond donors (Lipinski definition) is 0. The second-order valence-electron chi connectivity index (χ2n) is 3.53. The van der Waals surface area contributed by atoms with Crippen LogP contribution in [0.1, 0.15) is 6.42 Å². The molecule has 1 aromatic rings. The number of allylic oxidation sites excluding steroid dienone is 4. The van der Waals surface area contributed by atoms with Gasteiger partial charge in [-0.15, -0.1) is 0 Å². The van der Waals surface area contributed by atoms with Gasteiger partial charge in [-0.3, -0.25) is 0 Å². The lowest BCUT2D eigenvalue weighted by Gasteiger charge is -2.20. The summed E-state index contributed by atoms with van der Waals surface area (Å²) in [5.41, 5.74) is 0.158. The fraction of sp³-hybridized carbons (Fsp3) is 0.167. The van der Waals surface area contributed by atoms with Gasteiger partial charge in [0.1, 0.15) is 0 Å². The minimum Gasteiger partial charge on any atom is -0.307 e. The molecule has 2 unspecified atom stereocenters. The highest BCUT2D eigenvalue weighted by molar-refractivity contribution is 14.2. The van der Waals surface area contributed by atoms with Crippen molar-refractivity contribution in [2.75, 3.05) is 0 Å². The van der Waals surface area contributed by atoms with Gasteiger partial charge in [-0.2, -0.15) is 0 Å². The van der Waals surface area contributed by atoms with E-state index in [9.17, 15) is 4.57 Å². The van der Waals surface area contributed by atoms with Gasteiger partial charge in [0, 0.05) is 11.0 Å². The first kappa shape index (κ1) is 11.2. The third-order valence-electron chi connectivity index (χ3n) is 2.49. The van der Waals surface area contributed by atoms with Crippen molar-refractivity contribution in [2.45, 2.75) is 12.1 Å². The van der Waals surface area contributed by atoms with Crippen molar-refractivity contribution in [1.29, 1.82) is 0 Å². The van der Waals surface area contributed by atoms with E-state index < -0.39 is 4.78 Å². The number of rotatable bonds is 2. The van der Waals surface area contributed by atoms with Crippen molar-refractivity contribution in [3.05, 3.63) is 54.6 Å². The highest BCUT2D eigenvalue weighted by atomic mass is 127. The van der Waals surface area contributed by atoms with Gasteiger partial charge >= 0.3 is 0 Å². The highest BCUT2D eigenvalue weighted by Gasteiger charge is 2.29. The second kappa shape index (κ2) is 4.67. The molecule has 1 aliphatic rings. The Hall–Kier alpha value is -0.340. The quantitative estimate of drug-likeness (QED) is 0.594. The van der Waals surface area contributed by atoms with Crippen molar-refractivity contribution in [1.82, 2.24) is 0 Å². The average molecular weight is 330 g/mol. The van der Waals surface area contributed by atoms with Crippen LogP contribution in [0, 0.1) is 0 Å². The van der Waals surface area contributed by atoms with Crippen molar-refractivity contribution < 1.29 is 4.57 Å². The summed E-state index contributed by atoms with van der Waals surface area (Å²) in [5, 5.41) is 0.968. The zero-order chi connectivity index (χ0) is 10.7. The molecule has 0 aliphatic heterocycles. The first-order valence-corrected chi connectivity index (χ1v) is 9.46. The molecule has 1 aliphatic carbocycles. The molecule has 0 bridgehead atoms. The predicted octanol–water partition coefficient (Wildman–Crippen LogP) is 3.91. The first-order valence-electron chi connectivity index (χ1n) is 4.89. The Morgan fingerprint density at radius 2 is 1.93 bits per heavy atom. The van der Waals surface area contributed by atoms with Crippen molar-refractivity contribution in [3.8, 4) is 0 Å². The van der Waals surface area contributed by atoms with E-state index >= 15 is 0 Å². The molecule has 0 N–H and O–H groups in total. The van der Waals surface area contributed by atoms with Gasteiger partial charge in [-0.1, -0.05) is 54.6 Å². The number of benzene rings is 1. The van der Waals surface area contributed by atoms with E-state index in [1.807, 2.05) is 42.5 Å². The molecule has 0 saturated heterocycles. The van der Waals surface area contributed by atoms with Gasteiger partial charge in [-0.05, 0) is 28.5 Å². The van der Waals surface area contributed by atoms with E-state index in [-0.39, 0.29) is 5.66 Å². The van der Waals surface area contributed by atoms with Crippen LogP contribution in [0.25, 0.3) is 0 Å². The van der Waals surface area contributed by atoms with Crippen LogP contribution in [0.3, 0.4) is 0 Å². The molecule has 0 amide bonds. The second-order valence-corrected chi connectivity index (χ2v) is 10.2. The minimum atomic E-state index is -2.29. The average Bonchev–Trinajstić information content (AvgIpc) is 2.31. The molecular weight excluding hydrogens is 318 g/mol. The lowest BCUT2D eigenvalue weighted by atomic mass is 10.2. The highest BCUT2D eigenvalue weighted by Crippen LogP contribution is 2.59. The summed E-state index contributed by atoms with van der Waals surface area (Å²) in [7, 11) is 0. The fourth-order valence-electron chi connectivity index (χ4n) is 1.64. The summed E-state index contributed by atoms with van der Waals surface area (Å²) in [6.45, 7) is 0. The topological polar surface area (TPSA) is 17.1 Å². The Bertz CT molecular complexity index is 436. The van der Waals surface area contributed by atoms with Gasteiger partial charge in [-0.25, -0.2) is 0 Å².